The predicted molar refractivity (Wildman–Crippen MR) is 94.3 cm³/mol. The number of thioether (sulfide) groups is 1. The van der Waals surface area contributed by atoms with E-state index >= 15 is 0 Å². The summed E-state index contributed by atoms with van der Waals surface area (Å²) in [5.74, 6) is -0.192. The second-order valence-corrected chi connectivity index (χ2v) is 7.92. The minimum atomic E-state index is -0.887. The second-order valence-electron chi connectivity index (χ2n) is 5.10. The normalized spacial score (nSPS) is 10.7. The van der Waals surface area contributed by atoms with Gasteiger partial charge in [0, 0.05) is 0 Å². The summed E-state index contributed by atoms with van der Waals surface area (Å²) in [6, 6.07) is 15.5. The van der Waals surface area contributed by atoms with Crippen molar-refractivity contribution < 1.29 is 9.90 Å². The Labute approximate surface area is 145 Å². The number of nitrogens with zero attached hydrogens (tertiary/aromatic N) is 1. The van der Waals surface area contributed by atoms with Gasteiger partial charge in [-0.15, -0.1) is 0 Å². The molecule has 0 aliphatic carbocycles. The number of benzene rings is 2. The standard InChI is InChI=1S/C18H15NO2SSe/c1-12-6-8-13(9-7-12)17-19-14(11-23-17)10-22-16-5-3-2-4-15(16)18(20)21/h2-9,11H,10H2,1H3,(H,20,21). The Hall–Kier alpha value is -1.81. The van der Waals surface area contributed by atoms with Crippen LogP contribution in [-0.2, 0) is 5.75 Å². The molecule has 3 rings (SSSR count). The molecule has 1 aromatic heterocycles. The molecule has 1 N–H and O–H groups in total. The molecule has 0 aliphatic heterocycles. The zero-order valence-electron chi connectivity index (χ0n) is 12.5. The van der Waals surface area contributed by atoms with Gasteiger partial charge in [0.25, 0.3) is 0 Å². The van der Waals surface area contributed by atoms with E-state index in [1.807, 2.05) is 12.1 Å². The number of hydrogen-bond donors (Lipinski definition) is 1. The molecular weight excluding hydrogens is 373 g/mol. The van der Waals surface area contributed by atoms with Crippen molar-refractivity contribution in [2.75, 3.05) is 0 Å². The summed E-state index contributed by atoms with van der Waals surface area (Å²) in [4.78, 5) is 18.9. The maximum absolute atomic E-state index is 11.2. The number of carbonyl (C=O) groups is 1. The van der Waals surface area contributed by atoms with E-state index in [0.29, 0.717) is 11.3 Å². The average Bonchev–Trinajstić information content (AvgIpc) is 3.03. The average molecular weight is 388 g/mol. The van der Waals surface area contributed by atoms with Crippen molar-refractivity contribution in [3.8, 4) is 10.1 Å². The summed E-state index contributed by atoms with van der Waals surface area (Å²) in [5.41, 5.74) is 3.81. The van der Waals surface area contributed by atoms with Gasteiger partial charge in [-0.2, -0.15) is 0 Å². The molecule has 116 valence electrons. The molecule has 0 aliphatic rings. The number of aryl methyl sites for hydroxylation is 1. The van der Waals surface area contributed by atoms with E-state index in [1.165, 1.54) is 22.9 Å². The van der Waals surface area contributed by atoms with Gasteiger partial charge in [0.05, 0.1) is 0 Å². The first kappa shape index (κ1) is 16.1. The van der Waals surface area contributed by atoms with Gasteiger partial charge in [-0.1, -0.05) is 0 Å². The van der Waals surface area contributed by atoms with Crippen LogP contribution in [0.4, 0.5) is 0 Å². The van der Waals surface area contributed by atoms with Crippen LogP contribution >= 0.6 is 11.8 Å². The van der Waals surface area contributed by atoms with Crippen LogP contribution in [0.2, 0.25) is 0 Å². The molecular formula is C18H15NO2SSe. The van der Waals surface area contributed by atoms with Crippen molar-refractivity contribution in [2.45, 2.75) is 17.6 Å². The fourth-order valence-corrected chi connectivity index (χ4v) is 5.03. The molecule has 0 amide bonds. The molecule has 5 heteroatoms. The van der Waals surface area contributed by atoms with Gasteiger partial charge in [-0.3, -0.25) is 0 Å². The third kappa shape index (κ3) is 3.94. The topological polar surface area (TPSA) is 50.2 Å². The van der Waals surface area contributed by atoms with Crippen LogP contribution in [0, 0.1) is 6.92 Å². The monoisotopic (exact) mass is 389 g/mol. The number of carboxylic acids is 1. The molecule has 0 spiro atoms. The molecule has 0 bridgehead atoms. The van der Waals surface area contributed by atoms with Crippen LogP contribution in [-0.4, -0.2) is 30.6 Å². The number of rotatable bonds is 5. The molecule has 0 fully saturated rings. The van der Waals surface area contributed by atoms with Gasteiger partial charge >= 0.3 is 145 Å². The molecule has 0 unspecified atom stereocenters. The summed E-state index contributed by atoms with van der Waals surface area (Å²) in [6.45, 7) is 2.07. The first-order valence-corrected chi connectivity index (χ1v) is 9.93. The quantitative estimate of drug-likeness (QED) is 0.528. The van der Waals surface area contributed by atoms with Crippen LogP contribution < -0.4 is 0 Å². The SMILES string of the molecule is Cc1ccc(-c2nc(CSc3ccccc3C(=O)O)c[se]2)cc1. The Kier molecular flexibility index (Phi) is 5.01. The molecule has 0 saturated carbocycles. The molecule has 0 saturated heterocycles. The van der Waals surface area contributed by atoms with Crippen molar-refractivity contribution in [1.82, 2.24) is 4.98 Å². The number of aromatic nitrogens is 1. The number of aromatic carboxylic acids is 1. The van der Waals surface area contributed by atoms with Crippen LogP contribution in [0.25, 0.3) is 10.1 Å². The Morgan fingerprint density at radius 2 is 1.91 bits per heavy atom. The third-order valence-electron chi connectivity index (χ3n) is 3.34. The first-order valence-electron chi connectivity index (χ1n) is 7.10. The summed E-state index contributed by atoms with van der Waals surface area (Å²) in [7, 11) is 0. The Morgan fingerprint density at radius 1 is 1.17 bits per heavy atom. The fourth-order valence-electron chi connectivity index (χ4n) is 2.12. The first-order chi connectivity index (χ1) is 11.1. The van der Waals surface area contributed by atoms with Gasteiger partial charge in [0.2, 0.25) is 0 Å². The third-order valence-corrected chi connectivity index (χ3v) is 6.42. The Balaban J connectivity index is 1.73. The molecule has 3 nitrogen and oxygen atoms in total. The van der Waals surface area contributed by atoms with E-state index in [1.54, 1.807) is 12.1 Å². The fraction of sp³-hybridized carbons (Fsp3) is 0.111. The Bertz CT molecular complexity index is 827. The zero-order valence-corrected chi connectivity index (χ0v) is 15.1. The zero-order chi connectivity index (χ0) is 16.2. The van der Waals surface area contributed by atoms with Crippen LogP contribution in [0.3, 0.4) is 0 Å². The summed E-state index contributed by atoms with van der Waals surface area (Å²) >= 11 is 1.77. The van der Waals surface area contributed by atoms with Gasteiger partial charge in [0.15, 0.2) is 0 Å². The van der Waals surface area contributed by atoms with Gasteiger partial charge in [-0.05, 0) is 0 Å². The van der Waals surface area contributed by atoms with E-state index in [2.05, 4.69) is 36.1 Å². The summed E-state index contributed by atoms with van der Waals surface area (Å²) in [5, 5.41) is 9.22. The van der Waals surface area contributed by atoms with Crippen molar-refractivity contribution in [2.24, 2.45) is 0 Å². The van der Waals surface area contributed by atoms with Crippen molar-refractivity contribution in [1.29, 1.82) is 0 Å². The van der Waals surface area contributed by atoms with E-state index in [-0.39, 0.29) is 14.5 Å². The maximum atomic E-state index is 11.2. The van der Waals surface area contributed by atoms with Crippen LogP contribution in [0.5, 0.6) is 0 Å². The van der Waals surface area contributed by atoms with E-state index < -0.39 is 5.97 Å². The van der Waals surface area contributed by atoms with Gasteiger partial charge in [0.1, 0.15) is 0 Å². The summed E-state index contributed by atoms with van der Waals surface area (Å²) in [6.07, 6.45) is 0. The molecule has 3 aromatic rings. The number of hydrogen-bond acceptors (Lipinski definition) is 3. The molecule has 1 heterocycles. The van der Waals surface area contributed by atoms with E-state index in [0.717, 1.165) is 15.2 Å². The van der Waals surface area contributed by atoms with Crippen LogP contribution in [0.1, 0.15) is 21.6 Å². The van der Waals surface area contributed by atoms with Crippen molar-refractivity contribution >= 4 is 32.2 Å². The van der Waals surface area contributed by atoms with Crippen LogP contribution in [0.15, 0.2) is 58.4 Å². The molecule has 2 aromatic carbocycles. The summed E-state index contributed by atoms with van der Waals surface area (Å²) < 4.78 is 1.14. The second kappa shape index (κ2) is 7.18. The predicted octanol–water partition coefficient (Wildman–Crippen LogP) is 4.10. The Morgan fingerprint density at radius 3 is 2.65 bits per heavy atom. The van der Waals surface area contributed by atoms with Crippen molar-refractivity contribution in [3.63, 3.8) is 0 Å². The van der Waals surface area contributed by atoms with Crippen molar-refractivity contribution in [3.05, 3.63) is 70.3 Å². The molecule has 0 atom stereocenters. The van der Waals surface area contributed by atoms with Gasteiger partial charge in [-0.25, -0.2) is 0 Å². The van der Waals surface area contributed by atoms with Gasteiger partial charge < -0.3 is 0 Å². The molecule has 0 radical (unpaired) electrons. The minimum absolute atomic E-state index is 0.247. The number of carboxylic acid groups (broad SMARTS) is 1. The van der Waals surface area contributed by atoms with E-state index in [9.17, 15) is 9.90 Å². The van der Waals surface area contributed by atoms with E-state index in [4.69, 9.17) is 4.98 Å². The molecule has 23 heavy (non-hydrogen) atoms.